The minimum Gasteiger partial charge on any atom is -0.349 e. The maximum absolute atomic E-state index is 12.0. The predicted octanol–water partition coefficient (Wildman–Crippen LogP) is 2.35. The van der Waals surface area contributed by atoms with Crippen molar-refractivity contribution in [1.29, 1.82) is 0 Å². The van der Waals surface area contributed by atoms with Crippen LogP contribution in [0.4, 0.5) is 0 Å². The third-order valence-corrected chi connectivity index (χ3v) is 3.83. The van der Waals surface area contributed by atoms with E-state index in [-0.39, 0.29) is 5.91 Å². The Bertz CT molecular complexity index is 813. The highest BCUT2D eigenvalue weighted by molar-refractivity contribution is 7.12. The molecule has 0 aliphatic carbocycles. The lowest BCUT2D eigenvalue weighted by Crippen LogP contribution is -2.41. The lowest BCUT2D eigenvalue weighted by molar-refractivity contribution is 0.0846. The maximum Gasteiger partial charge on any atom is 0.286 e. The molecule has 0 bridgehead atoms. The molecule has 3 N–H and O–H groups in total. The molecule has 0 radical (unpaired) electrons. The van der Waals surface area contributed by atoms with Gasteiger partial charge in [0.15, 0.2) is 0 Å². The van der Waals surface area contributed by atoms with Crippen LogP contribution < -0.4 is 10.9 Å². The molecule has 21 heavy (non-hydrogen) atoms. The average molecular weight is 321 g/mol. The highest BCUT2D eigenvalue weighted by atomic mass is 35.5. The van der Waals surface area contributed by atoms with Gasteiger partial charge in [-0.05, 0) is 23.6 Å². The second-order valence-corrected chi connectivity index (χ2v) is 5.50. The second-order valence-electron chi connectivity index (χ2n) is 4.16. The van der Waals surface area contributed by atoms with Gasteiger partial charge in [0.05, 0.1) is 16.6 Å². The third-order valence-electron chi connectivity index (χ3n) is 2.75. The molecule has 0 aliphatic heterocycles. The van der Waals surface area contributed by atoms with Gasteiger partial charge in [0.25, 0.3) is 11.8 Å². The molecule has 0 unspecified atom stereocenters. The van der Waals surface area contributed by atoms with E-state index in [1.54, 1.807) is 35.8 Å². The highest BCUT2D eigenvalue weighted by Crippen LogP contribution is 2.17. The Morgan fingerprint density at radius 1 is 1.24 bits per heavy atom. The number of nitrogens with one attached hydrogen (secondary N) is 3. The van der Waals surface area contributed by atoms with Crippen molar-refractivity contribution in [2.24, 2.45) is 0 Å². The molecule has 2 amide bonds. The van der Waals surface area contributed by atoms with Crippen LogP contribution in [0.5, 0.6) is 0 Å². The molecule has 6 nitrogen and oxygen atoms in total. The molecule has 0 atom stereocenters. The Hall–Kier alpha value is -2.38. The SMILES string of the molecule is O=C(NNC(=O)c1cccs1)c1cc2cc(Cl)ncc2[nH]1. The van der Waals surface area contributed by atoms with E-state index in [1.807, 2.05) is 0 Å². The Morgan fingerprint density at radius 2 is 2.05 bits per heavy atom. The van der Waals surface area contributed by atoms with E-state index >= 15 is 0 Å². The largest absolute Gasteiger partial charge is 0.349 e. The normalized spacial score (nSPS) is 10.5. The molecule has 0 saturated carbocycles. The van der Waals surface area contributed by atoms with Crippen LogP contribution in [-0.2, 0) is 0 Å². The van der Waals surface area contributed by atoms with E-state index in [4.69, 9.17) is 11.6 Å². The standard InChI is InChI=1S/C13H9ClN4O2S/c14-11-5-7-4-8(16-9(7)6-15-11)12(19)17-18-13(20)10-2-1-3-21-10/h1-6,16H,(H,17,19)(H,18,20). The number of carbonyl (C=O) groups is 2. The van der Waals surface area contributed by atoms with E-state index in [2.05, 4.69) is 20.8 Å². The van der Waals surface area contributed by atoms with E-state index in [9.17, 15) is 9.59 Å². The monoisotopic (exact) mass is 320 g/mol. The maximum atomic E-state index is 12.0. The van der Waals surface area contributed by atoms with Crippen molar-refractivity contribution in [3.63, 3.8) is 0 Å². The van der Waals surface area contributed by atoms with Gasteiger partial charge >= 0.3 is 0 Å². The Morgan fingerprint density at radius 3 is 2.81 bits per heavy atom. The number of carbonyl (C=O) groups excluding carboxylic acids is 2. The molecule has 0 aliphatic rings. The van der Waals surface area contributed by atoms with Crippen LogP contribution in [0, 0.1) is 0 Å². The van der Waals surface area contributed by atoms with Crippen LogP contribution in [0.25, 0.3) is 10.9 Å². The first kappa shape index (κ1) is 13.6. The first-order valence-electron chi connectivity index (χ1n) is 5.92. The first-order chi connectivity index (χ1) is 10.1. The van der Waals surface area contributed by atoms with Gasteiger partial charge < -0.3 is 4.98 Å². The van der Waals surface area contributed by atoms with Crippen LogP contribution in [0.1, 0.15) is 20.2 Å². The van der Waals surface area contributed by atoms with E-state index in [1.165, 1.54) is 11.3 Å². The quantitative estimate of drug-likeness (QED) is 0.500. The lowest BCUT2D eigenvalue weighted by Gasteiger charge is -2.04. The number of H-pyrrole nitrogens is 1. The molecule has 3 aromatic rings. The number of thiophene rings is 1. The molecular weight excluding hydrogens is 312 g/mol. The molecule has 0 aromatic carbocycles. The van der Waals surface area contributed by atoms with Gasteiger partial charge in [0.2, 0.25) is 0 Å². The fourth-order valence-electron chi connectivity index (χ4n) is 1.78. The number of aromatic nitrogens is 2. The van der Waals surface area contributed by atoms with Gasteiger partial charge in [-0.3, -0.25) is 20.4 Å². The van der Waals surface area contributed by atoms with E-state index in [0.717, 1.165) is 5.39 Å². The van der Waals surface area contributed by atoms with E-state index < -0.39 is 5.91 Å². The highest BCUT2D eigenvalue weighted by Gasteiger charge is 2.12. The lowest BCUT2D eigenvalue weighted by atomic mass is 10.3. The number of hydrogen-bond donors (Lipinski definition) is 3. The zero-order chi connectivity index (χ0) is 14.8. The van der Waals surface area contributed by atoms with Crippen molar-refractivity contribution in [3.8, 4) is 0 Å². The fourth-order valence-corrected chi connectivity index (χ4v) is 2.56. The number of fused-ring (bicyclic) bond motifs is 1. The molecular formula is C13H9ClN4O2S. The summed E-state index contributed by atoms with van der Waals surface area (Å²) >= 11 is 7.08. The first-order valence-corrected chi connectivity index (χ1v) is 7.18. The molecule has 0 fully saturated rings. The van der Waals surface area contributed by atoms with E-state index in [0.29, 0.717) is 21.2 Å². The van der Waals surface area contributed by atoms with Crippen LogP contribution in [0.2, 0.25) is 5.15 Å². The smallest absolute Gasteiger partial charge is 0.286 e. The molecule has 3 heterocycles. The summed E-state index contributed by atoms with van der Waals surface area (Å²) in [5.74, 6) is -0.814. The minimum absolute atomic E-state index is 0.306. The summed E-state index contributed by atoms with van der Waals surface area (Å²) in [6.45, 7) is 0. The summed E-state index contributed by atoms with van der Waals surface area (Å²) in [4.78, 5) is 31.0. The number of amides is 2. The summed E-state index contributed by atoms with van der Waals surface area (Å²) in [6, 6.07) is 6.71. The third kappa shape index (κ3) is 2.88. The van der Waals surface area contributed by atoms with Crippen LogP contribution >= 0.6 is 22.9 Å². The van der Waals surface area contributed by atoms with Crippen LogP contribution in [-0.4, -0.2) is 21.8 Å². The Balaban J connectivity index is 1.70. The summed E-state index contributed by atoms with van der Waals surface area (Å²) in [5.41, 5.74) is 5.69. The summed E-state index contributed by atoms with van der Waals surface area (Å²) in [5, 5.41) is 2.90. The summed E-state index contributed by atoms with van der Waals surface area (Å²) in [6.07, 6.45) is 1.54. The van der Waals surface area contributed by atoms with Gasteiger partial charge in [-0.25, -0.2) is 4.98 Å². The molecule has 8 heteroatoms. The zero-order valence-corrected chi connectivity index (χ0v) is 12.1. The molecule has 3 rings (SSSR count). The molecule has 0 saturated heterocycles. The van der Waals surface area contributed by atoms with Gasteiger partial charge in [-0.2, -0.15) is 0 Å². The van der Waals surface area contributed by atoms with Crippen molar-refractivity contribution in [2.75, 3.05) is 0 Å². The fraction of sp³-hybridized carbons (Fsp3) is 0. The average Bonchev–Trinajstić information content (AvgIpc) is 3.12. The summed E-state index contributed by atoms with van der Waals surface area (Å²) < 4.78 is 0. The minimum atomic E-state index is -0.452. The number of halogens is 1. The molecule has 106 valence electrons. The van der Waals surface area contributed by atoms with Crippen LogP contribution in [0.15, 0.2) is 35.8 Å². The second kappa shape index (κ2) is 5.55. The number of rotatable bonds is 2. The van der Waals surface area contributed by atoms with Crippen molar-refractivity contribution >= 4 is 45.7 Å². The van der Waals surface area contributed by atoms with Gasteiger partial charge in [-0.1, -0.05) is 17.7 Å². The van der Waals surface area contributed by atoms with Gasteiger partial charge in [0.1, 0.15) is 10.8 Å². The number of nitrogens with zero attached hydrogens (tertiary/aromatic N) is 1. The van der Waals surface area contributed by atoms with Gasteiger partial charge in [-0.15, -0.1) is 11.3 Å². The zero-order valence-electron chi connectivity index (χ0n) is 10.5. The Labute approximate surface area is 128 Å². The number of hydrazine groups is 1. The van der Waals surface area contributed by atoms with Crippen LogP contribution in [0.3, 0.4) is 0 Å². The number of aromatic amines is 1. The summed E-state index contributed by atoms with van der Waals surface area (Å²) in [7, 11) is 0. The van der Waals surface area contributed by atoms with Crippen molar-refractivity contribution in [3.05, 3.63) is 51.6 Å². The molecule has 0 spiro atoms. The molecule has 3 aromatic heterocycles. The van der Waals surface area contributed by atoms with Crippen molar-refractivity contribution < 1.29 is 9.59 Å². The topological polar surface area (TPSA) is 86.9 Å². The number of hydrogen-bond acceptors (Lipinski definition) is 4. The Kier molecular flexibility index (Phi) is 3.59. The number of pyridine rings is 1. The van der Waals surface area contributed by atoms with Crippen molar-refractivity contribution in [1.82, 2.24) is 20.8 Å². The van der Waals surface area contributed by atoms with Crippen molar-refractivity contribution in [2.45, 2.75) is 0 Å². The predicted molar refractivity (Wildman–Crippen MR) is 80.4 cm³/mol. The van der Waals surface area contributed by atoms with Gasteiger partial charge in [0, 0.05) is 5.39 Å².